The Morgan fingerprint density at radius 3 is 2.93 bits per heavy atom. The van der Waals surface area contributed by atoms with Crippen LogP contribution in [0, 0.1) is 6.92 Å². The number of rotatable bonds is 5. The van der Waals surface area contributed by atoms with Crippen molar-refractivity contribution in [2.75, 3.05) is 13.1 Å². The topological polar surface area (TPSA) is 50.9 Å². The summed E-state index contributed by atoms with van der Waals surface area (Å²) in [7, 11) is 0. The summed E-state index contributed by atoms with van der Waals surface area (Å²) < 4.78 is 0. The van der Waals surface area contributed by atoms with E-state index in [9.17, 15) is 0 Å². The smallest absolute Gasteiger partial charge is 0.129 e. The van der Waals surface area contributed by atoms with E-state index in [2.05, 4.69) is 10.3 Å². The van der Waals surface area contributed by atoms with Gasteiger partial charge in [0.25, 0.3) is 0 Å². The molecule has 1 heterocycles. The number of hydrogen-bond acceptors (Lipinski definition) is 3. The molecule has 1 aromatic heterocycles. The summed E-state index contributed by atoms with van der Waals surface area (Å²) >= 11 is 5.83. The Kier molecular flexibility index (Phi) is 4.87. The number of hydrogen-bond donors (Lipinski definition) is 2. The van der Waals surface area contributed by atoms with Crippen LogP contribution in [-0.4, -0.2) is 18.1 Å². The van der Waals surface area contributed by atoms with Crippen LogP contribution in [0.1, 0.15) is 17.7 Å². The largest absolute Gasteiger partial charge is 0.330 e. The fraction of sp³-hybridized carbons (Fsp3) is 0.500. The molecule has 0 bridgehead atoms. The number of nitrogens with two attached hydrogens (primary N) is 1. The minimum atomic E-state index is 0.556. The van der Waals surface area contributed by atoms with Gasteiger partial charge in [-0.15, -0.1) is 0 Å². The highest BCUT2D eigenvalue weighted by Gasteiger charge is 1.97. The molecule has 3 N–H and O–H groups in total. The molecule has 14 heavy (non-hydrogen) atoms. The molecule has 0 aliphatic rings. The maximum absolute atomic E-state index is 5.83. The third-order valence-electron chi connectivity index (χ3n) is 1.87. The zero-order valence-corrected chi connectivity index (χ0v) is 9.14. The van der Waals surface area contributed by atoms with E-state index < -0.39 is 0 Å². The van der Waals surface area contributed by atoms with Crippen LogP contribution >= 0.6 is 11.6 Å². The lowest BCUT2D eigenvalue weighted by Gasteiger charge is -2.05. The van der Waals surface area contributed by atoms with E-state index in [1.807, 2.05) is 19.1 Å². The van der Waals surface area contributed by atoms with Crippen LogP contribution in [-0.2, 0) is 6.54 Å². The van der Waals surface area contributed by atoms with Crippen molar-refractivity contribution in [3.8, 4) is 0 Å². The summed E-state index contributed by atoms with van der Waals surface area (Å²) in [6.07, 6.45) is 0.998. The third-order valence-corrected chi connectivity index (χ3v) is 2.06. The van der Waals surface area contributed by atoms with E-state index in [0.29, 0.717) is 5.15 Å². The Bertz CT molecular complexity index is 268. The lowest BCUT2D eigenvalue weighted by molar-refractivity contribution is 0.654. The van der Waals surface area contributed by atoms with E-state index in [0.717, 1.165) is 31.7 Å². The number of pyridine rings is 1. The maximum atomic E-state index is 5.83. The minimum Gasteiger partial charge on any atom is -0.330 e. The zero-order valence-electron chi connectivity index (χ0n) is 8.39. The first-order chi connectivity index (χ1) is 6.72. The second kappa shape index (κ2) is 5.96. The second-order valence-corrected chi connectivity index (χ2v) is 3.65. The SMILES string of the molecule is Cc1cc(CNCCCN)cc(Cl)n1. The molecule has 0 saturated heterocycles. The summed E-state index contributed by atoms with van der Waals surface area (Å²) in [5, 5.41) is 3.85. The monoisotopic (exact) mass is 213 g/mol. The van der Waals surface area contributed by atoms with Crippen LogP contribution in [0.2, 0.25) is 5.15 Å². The molecule has 78 valence electrons. The molecule has 3 nitrogen and oxygen atoms in total. The first-order valence-corrected chi connectivity index (χ1v) is 5.14. The molecule has 1 aromatic rings. The van der Waals surface area contributed by atoms with E-state index in [-0.39, 0.29) is 0 Å². The summed E-state index contributed by atoms with van der Waals surface area (Å²) in [4.78, 5) is 4.10. The number of nitrogens with zero attached hydrogens (tertiary/aromatic N) is 1. The lowest BCUT2D eigenvalue weighted by Crippen LogP contribution is -2.17. The van der Waals surface area contributed by atoms with Crippen molar-refractivity contribution in [2.45, 2.75) is 19.9 Å². The van der Waals surface area contributed by atoms with Crippen LogP contribution in [0.4, 0.5) is 0 Å². The Hall–Kier alpha value is -0.640. The molecule has 4 heteroatoms. The Balaban J connectivity index is 2.42. The third kappa shape index (κ3) is 4.05. The molecule has 0 unspecified atom stereocenters. The highest BCUT2D eigenvalue weighted by atomic mass is 35.5. The van der Waals surface area contributed by atoms with E-state index in [1.165, 1.54) is 5.56 Å². The summed E-state index contributed by atoms with van der Waals surface area (Å²) in [5.41, 5.74) is 7.50. The van der Waals surface area contributed by atoms with Crippen LogP contribution in [0.5, 0.6) is 0 Å². The first-order valence-electron chi connectivity index (χ1n) is 4.76. The highest BCUT2D eigenvalue weighted by molar-refractivity contribution is 6.29. The Morgan fingerprint density at radius 1 is 1.50 bits per heavy atom. The van der Waals surface area contributed by atoms with Crippen LogP contribution in [0.15, 0.2) is 12.1 Å². The van der Waals surface area contributed by atoms with Gasteiger partial charge in [-0.1, -0.05) is 11.6 Å². The number of aryl methyl sites for hydroxylation is 1. The van der Waals surface area contributed by atoms with E-state index >= 15 is 0 Å². The van der Waals surface area contributed by atoms with Crippen LogP contribution in [0.3, 0.4) is 0 Å². The molecule has 0 amide bonds. The van der Waals surface area contributed by atoms with Crippen LogP contribution in [0.25, 0.3) is 0 Å². The van der Waals surface area contributed by atoms with Crippen molar-refractivity contribution in [1.29, 1.82) is 0 Å². The van der Waals surface area contributed by atoms with Gasteiger partial charge in [0.2, 0.25) is 0 Å². The van der Waals surface area contributed by atoms with Gasteiger partial charge in [-0.2, -0.15) is 0 Å². The number of halogens is 1. The highest BCUT2D eigenvalue weighted by Crippen LogP contribution is 2.09. The van der Waals surface area contributed by atoms with Crippen molar-refractivity contribution < 1.29 is 0 Å². The molecule has 0 aliphatic carbocycles. The number of aromatic nitrogens is 1. The fourth-order valence-electron chi connectivity index (χ4n) is 1.26. The van der Waals surface area contributed by atoms with Gasteiger partial charge in [0, 0.05) is 12.2 Å². The van der Waals surface area contributed by atoms with E-state index in [1.54, 1.807) is 0 Å². The van der Waals surface area contributed by atoms with Crippen LogP contribution < -0.4 is 11.1 Å². The van der Waals surface area contributed by atoms with Gasteiger partial charge in [0.1, 0.15) is 5.15 Å². The van der Waals surface area contributed by atoms with Crippen molar-refractivity contribution in [1.82, 2.24) is 10.3 Å². The number of nitrogens with one attached hydrogen (secondary N) is 1. The Labute approximate surface area is 89.7 Å². The van der Waals surface area contributed by atoms with Crippen molar-refractivity contribution >= 4 is 11.6 Å². The summed E-state index contributed by atoms with van der Waals surface area (Å²) in [6, 6.07) is 3.91. The van der Waals surface area contributed by atoms with Crippen molar-refractivity contribution in [3.63, 3.8) is 0 Å². The second-order valence-electron chi connectivity index (χ2n) is 3.26. The molecule has 0 saturated carbocycles. The maximum Gasteiger partial charge on any atom is 0.129 e. The molecule has 0 aromatic carbocycles. The Morgan fingerprint density at radius 2 is 2.29 bits per heavy atom. The van der Waals surface area contributed by atoms with Crippen molar-refractivity contribution in [3.05, 3.63) is 28.5 Å². The molecule has 0 aliphatic heterocycles. The van der Waals surface area contributed by atoms with E-state index in [4.69, 9.17) is 17.3 Å². The molecular weight excluding hydrogens is 198 g/mol. The summed E-state index contributed by atoms with van der Waals surface area (Å²) in [6.45, 7) is 4.43. The summed E-state index contributed by atoms with van der Waals surface area (Å²) in [5.74, 6) is 0. The normalized spacial score (nSPS) is 10.5. The molecular formula is C10H16ClN3. The average molecular weight is 214 g/mol. The quantitative estimate of drug-likeness (QED) is 0.576. The van der Waals surface area contributed by atoms with Gasteiger partial charge >= 0.3 is 0 Å². The van der Waals surface area contributed by atoms with Gasteiger partial charge in [-0.25, -0.2) is 4.98 Å². The van der Waals surface area contributed by atoms with Gasteiger partial charge in [0.05, 0.1) is 0 Å². The molecule has 0 fully saturated rings. The fourth-order valence-corrected chi connectivity index (χ4v) is 1.53. The minimum absolute atomic E-state index is 0.556. The van der Waals surface area contributed by atoms with Gasteiger partial charge in [0.15, 0.2) is 0 Å². The van der Waals surface area contributed by atoms with Crippen molar-refractivity contribution in [2.24, 2.45) is 5.73 Å². The molecule has 1 rings (SSSR count). The first kappa shape index (κ1) is 11.4. The predicted octanol–water partition coefficient (Wildman–Crippen LogP) is 1.48. The molecule has 0 atom stereocenters. The van der Waals surface area contributed by atoms with Gasteiger partial charge < -0.3 is 11.1 Å². The predicted molar refractivity (Wildman–Crippen MR) is 59.4 cm³/mol. The average Bonchev–Trinajstić information content (AvgIpc) is 2.11. The van der Waals surface area contributed by atoms with Gasteiger partial charge in [-0.3, -0.25) is 0 Å². The standard InChI is InChI=1S/C10H16ClN3/c1-8-5-9(6-10(11)14-8)7-13-4-2-3-12/h5-6,13H,2-4,7,12H2,1H3. The molecule has 0 radical (unpaired) electrons. The molecule has 0 spiro atoms. The lowest BCUT2D eigenvalue weighted by atomic mass is 10.2. The van der Waals surface area contributed by atoms with Gasteiger partial charge in [-0.05, 0) is 44.1 Å². The zero-order chi connectivity index (χ0) is 10.4.